The lowest BCUT2D eigenvalue weighted by Crippen LogP contribution is -2.45. The highest BCUT2D eigenvalue weighted by Gasteiger charge is 2.34. The molecule has 1 aliphatic heterocycles. The first-order chi connectivity index (χ1) is 13.4. The highest BCUT2D eigenvalue weighted by molar-refractivity contribution is 8.18. The van der Waals surface area contributed by atoms with Crippen LogP contribution >= 0.6 is 11.8 Å². The van der Waals surface area contributed by atoms with E-state index in [9.17, 15) is 18.3 Å². The molecule has 1 aliphatic rings. The van der Waals surface area contributed by atoms with Gasteiger partial charge in [0, 0.05) is 4.91 Å². The van der Waals surface area contributed by atoms with Gasteiger partial charge in [-0.15, -0.1) is 11.8 Å². The molecule has 2 aromatic carbocycles. The van der Waals surface area contributed by atoms with E-state index in [1.807, 2.05) is 36.4 Å². The van der Waals surface area contributed by atoms with E-state index >= 15 is 0 Å². The molecule has 148 valence electrons. The Bertz CT molecular complexity index is 956. The lowest BCUT2D eigenvalue weighted by atomic mass is 10.1. The molecule has 2 aromatic rings. The molecule has 2 atom stereocenters. The summed E-state index contributed by atoms with van der Waals surface area (Å²) in [7, 11) is -2.24. The first-order valence-electron chi connectivity index (χ1n) is 8.68. The normalized spacial score (nSPS) is 17.8. The Labute approximate surface area is 168 Å². The fraction of sp³-hybridized carbons (Fsp3) is 0.250. The number of nitrogens with one attached hydrogen (secondary N) is 1. The Morgan fingerprint density at radius 2 is 1.89 bits per heavy atom. The first-order valence-corrected chi connectivity index (χ1v) is 11.1. The number of hydrogen-bond acceptors (Lipinski definition) is 5. The summed E-state index contributed by atoms with van der Waals surface area (Å²) in [4.78, 5) is 12.4. The quantitative estimate of drug-likeness (QED) is 0.683. The average molecular weight is 420 g/mol. The molecule has 1 heterocycles. The second-order valence-corrected chi connectivity index (χ2v) is 9.76. The first kappa shape index (κ1) is 20.4. The molecule has 28 heavy (non-hydrogen) atoms. The number of aliphatic carboxylic acids is 1. The maximum absolute atomic E-state index is 12.8. The Balaban J connectivity index is 1.67. The van der Waals surface area contributed by atoms with E-state index in [0.29, 0.717) is 6.42 Å². The molecule has 8 heteroatoms. The van der Waals surface area contributed by atoms with E-state index in [1.54, 1.807) is 31.4 Å². The number of rotatable bonds is 8. The van der Waals surface area contributed by atoms with Crippen molar-refractivity contribution in [2.24, 2.45) is 0 Å². The van der Waals surface area contributed by atoms with Crippen molar-refractivity contribution in [2.45, 2.75) is 23.5 Å². The molecule has 0 spiro atoms. The topological polar surface area (TPSA) is 92.7 Å². The van der Waals surface area contributed by atoms with Crippen LogP contribution in [0.15, 0.2) is 60.7 Å². The molecule has 0 radical (unpaired) electrons. The summed E-state index contributed by atoms with van der Waals surface area (Å²) in [5.74, 6) is -0.470. The number of carboxylic acid groups (broad SMARTS) is 1. The van der Waals surface area contributed by atoms with Crippen LogP contribution in [0.1, 0.15) is 17.5 Å². The third-order valence-electron chi connectivity index (χ3n) is 4.36. The van der Waals surface area contributed by atoms with Crippen molar-refractivity contribution in [2.75, 3.05) is 7.11 Å². The second-order valence-electron chi connectivity index (χ2n) is 6.32. The van der Waals surface area contributed by atoms with Crippen LogP contribution in [0.4, 0.5) is 0 Å². The van der Waals surface area contributed by atoms with E-state index in [-0.39, 0.29) is 6.42 Å². The summed E-state index contributed by atoms with van der Waals surface area (Å²) in [6.45, 7) is 0. The van der Waals surface area contributed by atoms with Crippen LogP contribution in [0, 0.1) is 0 Å². The summed E-state index contributed by atoms with van der Waals surface area (Å²) in [6, 6.07) is 15.1. The monoisotopic (exact) mass is 419 g/mol. The number of carbonyl (C=O) groups is 1. The molecule has 0 fully saturated rings. The van der Waals surface area contributed by atoms with E-state index < -0.39 is 26.6 Å². The maximum Gasteiger partial charge on any atom is 0.322 e. The predicted molar refractivity (Wildman–Crippen MR) is 111 cm³/mol. The molecule has 0 aromatic heterocycles. The second kappa shape index (κ2) is 8.81. The average Bonchev–Trinajstić information content (AvgIpc) is 3.19. The zero-order valence-corrected chi connectivity index (χ0v) is 16.9. The van der Waals surface area contributed by atoms with Crippen molar-refractivity contribution in [3.8, 4) is 5.75 Å². The van der Waals surface area contributed by atoms with E-state index in [1.165, 1.54) is 11.8 Å². The summed E-state index contributed by atoms with van der Waals surface area (Å²) in [5, 5.41) is 9.46. The lowest BCUT2D eigenvalue weighted by Gasteiger charge is -2.18. The zero-order chi connectivity index (χ0) is 20.1. The lowest BCUT2D eigenvalue weighted by molar-refractivity contribution is -0.138. The molecule has 0 bridgehead atoms. The molecule has 0 aliphatic carbocycles. The van der Waals surface area contributed by atoms with E-state index in [2.05, 4.69) is 4.72 Å². The van der Waals surface area contributed by atoms with Crippen molar-refractivity contribution in [1.82, 2.24) is 4.72 Å². The molecule has 0 saturated heterocycles. The molecule has 6 nitrogen and oxygen atoms in total. The van der Waals surface area contributed by atoms with Gasteiger partial charge in [0.15, 0.2) is 0 Å². The molecule has 0 saturated carbocycles. The van der Waals surface area contributed by atoms with Crippen molar-refractivity contribution in [3.63, 3.8) is 0 Å². The molecule has 2 unspecified atom stereocenters. The van der Waals surface area contributed by atoms with Crippen LogP contribution in [0.3, 0.4) is 0 Å². The number of ether oxygens (including phenoxy) is 1. The number of carboxylic acids is 1. The number of thioether (sulfide) groups is 1. The Kier molecular flexibility index (Phi) is 6.43. The van der Waals surface area contributed by atoms with Gasteiger partial charge < -0.3 is 9.84 Å². The van der Waals surface area contributed by atoms with Gasteiger partial charge in [-0.1, -0.05) is 48.5 Å². The molecular weight excluding hydrogens is 398 g/mol. The largest absolute Gasteiger partial charge is 0.497 e. The van der Waals surface area contributed by atoms with Crippen LogP contribution < -0.4 is 9.46 Å². The van der Waals surface area contributed by atoms with Gasteiger partial charge in [0.2, 0.25) is 10.0 Å². The van der Waals surface area contributed by atoms with Crippen LogP contribution in [-0.2, 0) is 21.2 Å². The van der Waals surface area contributed by atoms with Crippen LogP contribution in [0.25, 0.3) is 4.91 Å². The van der Waals surface area contributed by atoms with Gasteiger partial charge in [0.25, 0.3) is 0 Å². The predicted octanol–water partition coefficient (Wildman–Crippen LogP) is 3.11. The zero-order valence-electron chi connectivity index (χ0n) is 15.2. The van der Waals surface area contributed by atoms with E-state index in [0.717, 1.165) is 21.8 Å². The van der Waals surface area contributed by atoms with Gasteiger partial charge in [-0.05, 0) is 36.1 Å². The van der Waals surface area contributed by atoms with Crippen molar-refractivity contribution >= 4 is 32.7 Å². The number of allylic oxidation sites excluding steroid dienone is 1. The third kappa shape index (κ3) is 4.95. The minimum atomic E-state index is -3.82. The Morgan fingerprint density at radius 1 is 1.21 bits per heavy atom. The minimum absolute atomic E-state index is 0.0888. The standard InChI is InChI=1S/C20H21NO5S2/c1-26-16-9-7-15(8-10-16)18-11-12-19(27-18)28(24,25)21-17(20(22)23)13-14-5-3-2-4-6-14/h2-11,17,19,21H,12-13H2,1H3,(H,22,23). The molecule has 3 rings (SSSR count). The Hall–Kier alpha value is -2.29. The third-order valence-corrected chi connectivity index (χ3v) is 8.02. The van der Waals surface area contributed by atoms with Gasteiger partial charge >= 0.3 is 5.97 Å². The van der Waals surface area contributed by atoms with Crippen molar-refractivity contribution in [1.29, 1.82) is 0 Å². The summed E-state index contributed by atoms with van der Waals surface area (Å²) < 4.78 is 32.3. The highest BCUT2D eigenvalue weighted by Crippen LogP contribution is 2.41. The van der Waals surface area contributed by atoms with Crippen LogP contribution in [0.5, 0.6) is 5.75 Å². The van der Waals surface area contributed by atoms with Gasteiger partial charge in [0.1, 0.15) is 16.4 Å². The van der Waals surface area contributed by atoms with Crippen LogP contribution in [0.2, 0.25) is 0 Å². The number of sulfonamides is 1. The van der Waals surface area contributed by atoms with Gasteiger partial charge in [-0.3, -0.25) is 4.79 Å². The number of hydrogen-bond donors (Lipinski definition) is 2. The van der Waals surface area contributed by atoms with Crippen molar-refractivity contribution < 1.29 is 23.1 Å². The minimum Gasteiger partial charge on any atom is -0.497 e. The van der Waals surface area contributed by atoms with Gasteiger partial charge in [-0.2, -0.15) is 4.72 Å². The van der Waals surface area contributed by atoms with Gasteiger partial charge in [0.05, 0.1) is 7.11 Å². The number of methoxy groups -OCH3 is 1. The molecule has 0 amide bonds. The maximum atomic E-state index is 12.8. The van der Waals surface area contributed by atoms with Crippen molar-refractivity contribution in [3.05, 3.63) is 71.8 Å². The highest BCUT2D eigenvalue weighted by atomic mass is 32.3. The van der Waals surface area contributed by atoms with E-state index in [4.69, 9.17) is 4.74 Å². The van der Waals surface area contributed by atoms with Crippen LogP contribution in [-0.4, -0.2) is 37.2 Å². The SMILES string of the molecule is COc1ccc(C2=CCC(S(=O)(=O)NC(Cc3ccccc3)C(=O)O)S2)cc1. The fourth-order valence-corrected chi connectivity index (χ4v) is 5.88. The Morgan fingerprint density at radius 3 is 2.50 bits per heavy atom. The fourth-order valence-electron chi connectivity index (χ4n) is 2.88. The summed E-state index contributed by atoms with van der Waals surface area (Å²) in [6.07, 6.45) is 2.27. The smallest absolute Gasteiger partial charge is 0.322 e. The molecular formula is C20H21NO5S2. The number of benzene rings is 2. The molecule has 2 N–H and O–H groups in total. The summed E-state index contributed by atoms with van der Waals surface area (Å²) in [5.41, 5.74) is 1.66. The summed E-state index contributed by atoms with van der Waals surface area (Å²) >= 11 is 1.22. The van der Waals surface area contributed by atoms with Gasteiger partial charge in [-0.25, -0.2) is 8.42 Å².